The van der Waals surface area contributed by atoms with Crippen LogP contribution in [0.15, 0.2) is 23.1 Å². The Hall–Kier alpha value is -1.31. The van der Waals surface area contributed by atoms with E-state index >= 15 is 0 Å². The van der Waals surface area contributed by atoms with Crippen LogP contribution in [0.4, 0.5) is 0 Å². The van der Waals surface area contributed by atoms with Crippen LogP contribution in [0.2, 0.25) is 0 Å². The van der Waals surface area contributed by atoms with Gasteiger partial charge in [-0.05, 0) is 19.1 Å². The fourth-order valence-electron chi connectivity index (χ4n) is 1.61. The lowest BCUT2D eigenvalue weighted by molar-refractivity contribution is 0.180. The van der Waals surface area contributed by atoms with Crippen LogP contribution in [0.3, 0.4) is 0 Å². The molecule has 0 aliphatic rings. The molecule has 108 valence electrons. The van der Waals surface area contributed by atoms with Gasteiger partial charge in [-0.2, -0.15) is 0 Å². The van der Waals surface area contributed by atoms with Crippen molar-refractivity contribution < 1.29 is 22.6 Å². The second kappa shape index (κ2) is 6.74. The highest BCUT2D eigenvalue weighted by Crippen LogP contribution is 2.28. The van der Waals surface area contributed by atoms with E-state index in [1.54, 1.807) is 19.1 Å². The summed E-state index contributed by atoms with van der Waals surface area (Å²) >= 11 is 0. The van der Waals surface area contributed by atoms with Crippen LogP contribution >= 0.6 is 0 Å². The number of methoxy groups -OCH3 is 3. The maximum Gasteiger partial charge on any atom is 0.244 e. The second-order valence-electron chi connectivity index (χ2n) is 3.99. The van der Waals surface area contributed by atoms with Crippen LogP contribution in [0.1, 0.15) is 6.92 Å². The van der Waals surface area contributed by atoms with Crippen molar-refractivity contribution in [2.24, 2.45) is 0 Å². The monoisotopic (exact) mass is 289 g/mol. The van der Waals surface area contributed by atoms with Gasteiger partial charge in [0.2, 0.25) is 10.0 Å². The first-order chi connectivity index (χ1) is 8.94. The van der Waals surface area contributed by atoms with Gasteiger partial charge in [0.25, 0.3) is 0 Å². The zero-order valence-corrected chi connectivity index (χ0v) is 12.3. The Bertz CT molecular complexity index is 515. The minimum Gasteiger partial charge on any atom is -0.497 e. The van der Waals surface area contributed by atoms with E-state index in [9.17, 15) is 8.42 Å². The van der Waals surface area contributed by atoms with E-state index in [1.807, 2.05) is 0 Å². The smallest absolute Gasteiger partial charge is 0.244 e. The van der Waals surface area contributed by atoms with Gasteiger partial charge in [-0.15, -0.1) is 0 Å². The quantitative estimate of drug-likeness (QED) is 0.811. The molecule has 0 amide bonds. The summed E-state index contributed by atoms with van der Waals surface area (Å²) in [5.74, 6) is 0.707. The molecule has 0 fully saturated rings. The first kappa shape index (κ1) is 15.7. The molecular weight excluding hydrogens is 270 g/mol. The normalized spacial score (nSPS) is 13.1. The SMILES string of the molecule is COC[C@@H](C)NS(=O)(=O)c1cc(OC)ccc1OC. The van der Waals surface area contributed by atoms with Crippen LogP contribution in [-0.2, 0) is 14.8 Å². The van der Waals surface area contributed by atoms with Gasteiger partial charge in [-0.25, -0.2) is 13.1 Å². The van der Waals surface area contributed by atoms with Gasteiger partial charge in [0.05, 0.1) is 20.8 Å². The van der Waals surface area contributed by atoms with Crippen molar-refractivity contribution in [1.82, 2.24) is 4.72 Å². The summed E-state index contributed by atoms with van der Waals surface area (Å²) in [5, 5.41) is 0. The average Bonchev–Trinajstić information content (AvgIpc) is 2.37. The molecule has 0 aromatic heterocycles. The Balaban J connectivity index is 3.11. The van der Waals surface area contributed by atoms with Crippen molar-refractivity contribution in [1.29, 1.82) is 0 Å². The number of sulfonamides is 1. The summed E-state index contributed by atoms with van der Waals surface area (Å²) in [5.41, 5.74) is 0. The Labute approximate surface area is 113 Å². The molecule has 7 heteroatoms. The second-order valence-corrected chi connectivity index (χ2v) is 5.68. The van der Waals surface area contributed by atoms with Crippen LogP contribution in [-0.4, -0.2) is 42.4 Å². The Morgan fingerprint density at radius 3 is 2.42 bits per heavy atom. The first-order valence-corrected chi connectivity index (χ1v) is 7.16. The lowest BCUT2D eigenvalue weighted by atomic mass is 10.3. The van der Waals surface area contributed by atoms with E-state index in [0.717, 1.165) is 0 Å². The minimum atomic E-state index is -3.69. The Morgan fingerprint density at radius 2 is 1.89 bits per heavy atom. The molecule has 1 atom stereocenters. The predicted molar refractivity (Wildman–Crippen MR) is 71.2 cm³/mol. The van der Waals surface area contributed by atoms with Crippen LogP contribution < -0.4 is 14.2 Å². The lowest BCUT2D eigenvalue weighted by Crippen LogP contribution is -2.35. The minimum absolute atomic E-state index is 0.0392. The van der Waals surface area contributed by atoms with Gasteiger partial charge in [-0.3, -0.25) is 0 Å². The fourth-order valence-corrected chi connectivity index (χ4v) is 3.02. The molecule has 0 saturated carbocycles. The Kier molecular flexibility index (Phi) is 5.59. The molecule has 19 heavy (non-hydrogen) atoms. The van der Waals surface area contributed by atoms with Crippen molar-refractivity contribution in [3.05, 3.63) is 18.2 Å². The topological polar surface area (TPSA) is 73.9 Å². The molecule has 0 aliphatic carbocycles. The third-order valence-electron chi connectivity index (χ3n) is 2.43. The standard InChI is InChI=1S/C12H19NO5S/c1-9(8-16-2)13-19(14,15)12-7-10(17-3)5-6-11(12)18-4/h5-7,9,13H,8H2,1-4H3/t9-/m1/s1. The highest BCUT2D eigenvalue weighted by Gasteiger charge is 2.22. The summed E-state index contributed by atoms with van der Waals surface area (Å²) in [6.45, 7) is 2.00. The zero-order valence-electron chi connectivity index (χ0n) is 11.5. The number of ether oxygens (including phenoxy) is 3. The van der Waals surface area contributed by atoms with Crippen molar-refractivity contribution in [3.8, 4) is 11.5 Å². The molecule has 0 bridgehead atoms. The average molecular weight is 289 g/mol. The van der Waals surface area contributed by atoms with Gasteiger partial charge < -0.3 is 14.2 Å². The molecule has 1 aromatic rings. The van der Waals surface area contributed by atoms with Crippen LogP contribution in [0.25, 0.3) is 0 Å². The highest BCUT2D eigenvalue weighted by molar-refractivity contribution is 7.89. The van der Waals surface area contributed by atoms with E-state index < -0.39 is 10.0 Å². The van der Waals surface area contributed by atoms with E-state index in [0.29, 0.717) is 5.75 Å². The van der Waals surface area contributed by atoms with E-state index in [-0.39, 0.29) is 23.3 Å². The summed E-state index contributed by atoms with van der Waals surface area (Å²) < 4.78 is 42.0. The molecule has 0 heterocycles. The fraction of sp³-hybridized carbons (Fsp3) is 0.500. The number of rotatable bonds is 7. The summed E-state index contributed by atoms with van der Waals surface area (Å²) in [6, 6.07) is 4.26. The molecule has 1 N–H and O–H groups in total. The maximum atomic E-state index is 12.3. The number of nitrogens with one attached hydrogen (secondary N) is 1. The zero-order chi connectivity index (χ0) is 14.5. The van der Waals surface area contributed by atoms with Crippen molar-refractivity contribution >= 4 is 10.0 Å². The van der Waals surface area contributed by atoms with Crippen LogP contribution in [0, 0.1) is 0 Å². The van der Waals surface area contributed by atoms with Crippen molar-refractivity contribution in [3.63, 3.8) is 0 Å². The highest BCUT2D eigenvalue weighted by atomic mass is 32.2. The van der Waals surface area contributed by atoms with E-state index in [1.165, 1.54) is 27.4 Å². The van der Waals surface area contributed by atoms with Crippen molar-refractivity contribution in [2.45, 2.75) is 17.9 Å². The molecule has 1 aromatic carbocycles. The van der Waals surface area contributed by atoms with E-state index in [4.69, 9.17) is 14.2 Å². The molecule has 0 radical (unpaired) electrons. The Morgan fingerprint density at radius 1 is 1.21 bits per heavy atom. The lowest BCUT2D eigenvalue weighted by Gasteiger charge is -2.15. The molecule has 6 nitrogen and oxygen atoms in total. The molecule has 0 saturated heterocycles. The van der Waals surface area contributed by atoms with Crippen molar-refractivity contribution in [2.75, 3.05) is 27.9 Å². The van der Waals surface area contributed by atoms with Gasteiger partial charge in [0.1, 0.15) is 16.4 Å². The van der Waals surface area contributed by atoms with Gasteiger partial charge in [0, 0.05) is 19.2 Å². The van der Waals surface area contributed by atoms with Gasteiger partial charge >= 0.3 is 0 Å². The summed E-state index contributed by atoms with van der Waals surface area (Å²) in [6.07, 6.45) is 0. The van der Waals surface area contributed by atoms with Gasteiger partial charge in [-0.1, -0.05) is 0 Å². The molecule has 1 rings (SSSR count). The number of hydrogen-bond donors (Lipinski definition) is 1. The molecule has 0 aliphatic heterocycles. The molecule has 0 spiro atoms. The number of benzene rings is 1. The molecule has 0 unspecified atom stereocenters. The third-order valence-corrected chi connectivity index (χ3v) is 4.04. The summed E-state index contributed by atoms with van der Waals surface area (Å²) in [4.78, 5) is 0.0392. The third kappa shape index (κ3) is 4.09. The van der Waals surface area contributed by atoms with Crippen LogP contribution in [0.5, 0.6) is 11.5 Å². The summed E-state index contributed by atoms with van der Waals surface area (Å²) in [7, 11) is 0.706. The largest absolute Gasteiger partial charge is 0.497 e. The molecular formula is C12H19NO5S. The van der Waals surface area contributed by atoms with E-state index in [2.05, 4.69) is 4.72 Å². The number of hydrogen-bond acceptors (Lipinski definition) is 5. The first-order valence-electron chi connectivity index (χ1n) is 5.68. The van der Waals surface area contributed by atoms with Gasteiger partial charge in [0.15, 0.2) is 0 Å². The predicted octanol–water partition coefficient (Wildman–Crippen LogP) is 1.02. The maximum absolute atomic E-state index is 12.3.